The largest absolute Gasteiger partial charge is 0.468 e. The fourth-order valence-electron chi connectivity index (χ4n) is 1.69. The molecule has 1 N–H and O–H groups in total. The van der Waals surface area contributed by atoms with Crippen LogP contribution in [0.4, 0.5) is 10.1 Å². The Labute approximate surface area is 110 Å². The van der Waals surface area contributed by atoms with Crippen LogP contribution in [0.2, 0.25) is 0 Å². The number of ether oxygens (including phenoxy) is 1. The predicted octanol–water partition coefficient (Wildman–Crippen LogP) is 2.47. The molecule has 19 heavy (non-hydrogen) atoms. The Morgan fingerprint density at radius 3 is 2.84 bits per heavy atom. The van der Waals surface area contributed by atoms with Gasteiger partial charge < -0.3 is 10.1 Å². The van der Waals surface area contributed by atoms with Crippen molar-refractivity contribution in [1.82, 2.24) is 4.98 Å². The second kappa shape index (κ2) is 5.95. The van der Waals surface area contributed by atoms with Crippen molar-refractivity contribution in [2.45, 2.75) is 0 Å². The minimum atomic E-state index is -0.400. The number of benzene rings is 1. The number of pyridine rings is 1. The van der Waals surface area contributed by atoms with Crippen LogP contribution in [0.3, 0.4) is 0 Å². The molecule has 2 aromatic rings. The summed E-state index contributed by atoms with van der Waals surface area (Å²) in [6.45, 7) is 0.00362. The molecule has 98 valence electrons. The number of esters is 1. The number of carbonyl (C=O) groups is 1. The Morgan fingerprint density at radius 1 is 1.32 bits per heavy atom. The van der Waals surface area contributed by atoms with E-state index in [0.29, 0.717) is 16.8 Å². The zero-order valence-electron chi connectivity index (χ0n) is 10.4. The number of carbonyl (C=O) groups excluding carboxylic acids is 1. The maximum Gasteiger partial charge on any atom is 0.325 e. The van der Waals surface area contributed by atoms with Crippen molar-refractivity contribution >= 4 is 11.7 Å². The fraction of sp³-hybridized carbons (Fsp3) is 0.143. The van der Waals surface area contributed by atoms with Crippen molar-refractivity contribution in [1.29, 1.82) is 0 Å². The minimum Gasteiger partial charge on any atom is -0.468 e. The van der Waals surface area contributed by atoms with Crippen LogP contribution in [0, 0.1) is 5.82 Å². The van der Waals surface area contributed by atoms with Gasteiger partial charge in [0.25, 0.3) is 0 Å². The number of hydrogen-bond donors (Lipinski definition) is 1. The van der Waals surface area contributed by atoms with Gasteiger partial charge >= 0.3 is 5.97 Å². The zero-order chi connectivity index (χ0) is 13.7. The quantitative estimate of drug-likeness (QED) is 0.858. The summed E-state index contributed by atoms with van der Waals surface area (Å²) in [5.41, 5.74) is 1.69. The maximum absolute atomic E-state index is 13.8. The van der Waals surface area contributed by atoms with Crippen LogP contribution >= 0.6 is 0 Å². The van der Waals surface area contributed by atoms with E-state index < -0.39 is 5.97 Å². The molecule has 1 aromatic heterocycles. The van der Waals surface area contributed by atoms with E-state index in [1.165, 1.54) is 13.2 Å². The van der Waals surface area contributed by atoms with Crippen LogP contribution < -0.4 is 5.32 Å². The highest BCUT2D eigenvalue weighted by atomic mass is 19.1. The number of anilines is 1. The van der Waals surface area contributed by atoms with Crippen LogP contribution in [-0.2, 0) is 9.53 Å². The lowest BCUT2D eigenvalue weighted by molar-refractivity contribution is -0.138. The molecule has 0 radical (unpaired) electrons. The number of rotatable bonds is 4. The molecule has 0 bridgehead atoms. The minimum absolute atomic E-state index is 0.00362. The van der Waals surface area contributed by atoms with Crippen molar-refractivity contribution in [2.24, 2.45) is 0 Å². The Bertz CT molecular complexity index is 587. The third kappa shape index (κ3) is 3.07. The number of nitrogens with one attached hydrogen (secondary N) is 1. The fourth-order valence-corrected chi connectivity index (χ4v) is 1.69. The van der Waals surface area contributed by atoms with E-state index in [0.717, 1.165) is 0 Å². The van der Waals surface area contributed by atoms with Gasteiger partial charge in [-0.2, -0.15) is 0 Å². The third-order valence-electron chi connectivity index (χ3n) is 2.64. The molecule has 1 aromatic carbocycles. The molecule has 0 atom stereocenters. The van der Waals surface area contributed by atoms with Crippen molar-refractivity contribution < 1.29 is 13.9 Å². The summed E-state index contributed by atoms with van der Waals surface area (Å²) in [6.07, 6.45) is 3.12. The number of aromatic nitrogens is 1. The Kier molecular flexibility index (Phi) is 4.07. The second-order valence-corrected chi connectivity index (χ2v) is 3.83. The molecule has 2 rings (SSSR count). The molecule has 1 heterocycles. The Hall–Kier alpha value is -2.43. The van der Waals surface area contributed by atoms with Crippen molar-refractivity contribution in [2.75, 3.05) is 19.0 Å². The smallest absolute Gasteiger partial charge is 0.325 e. The van der Waals surface area contributed by atoms with Crippen LogP contribution in [0.5, 0.6) is 0 Å². The average Bonchev–Trinajstić information content (AvgIpc) is 2.45. The molecule has 0 unspecified atom stereocenters. The first-order valence-corrected chi connectivity index (χ1v) is 5.72. The highest BCUT2D eigenvalue weighted by molar-refractivity contribution is 5.81. The van der Waals surface area contributed by atoms with Gasteiger partial charge in [0.1, 0.15) is 12.4 Å². The summed E-state index contributed by atoms with van der Waals surface area (Å²) in [4.78, 5) is 15.1. The van der Waals surface area contributed by atoms with Gasteiger partial charge in [0, 0.05) is 17.3 Å². The first-order valence-electron chi connectivity index (χ1n) is 5.72. The van der Waals surface area contributed by atoms with Crippen LogP contribution in [0.15, 0.2) is 42.7 Å². The molecule has 0 aliphatic heterocycles. The Balaban J connectivity index is 2.31. The van der Waals surface area contributed by atoms with Crippen LogP contribution in [0.1, 0.15) is 0 Å². The van der Waals surface area contributed by atoms with E-state index in [1.54, 1.807) is 36.7 Å². The molecule has 0 spiro atoms. The SMILES string of the molecule is COC(=O)CNc1cnccc1-c1ccccc1F. The first-order chi connectivity index (χ1) is 9.22. The van der Waals surface area contributed by atoms with Gasteiger partial charge in [-0.3, -0.25) is 9.78 Å². The van der Waals surface area contributed by atoms with E-state index in [1.807, 2.05) is 0 Å². The summed E-state index contributed by atoms with van der Waals surface area (Å²) in [6, 6.07) is 8.14. The normalized spacial score (nSPS) is 10.0. The first kappa shape index (κ1) is 13.0. The number of halogens is 1. The number of nitrogens with zero attached hydrogens (tertiary/aromatic N) is 1. The number of hydrogen-bond acceptors (Lipinski definition) is 4. The Morgan fingerprint density at radius 2 is 2.11 bits per heavy atom. The standard InChI is InChI=1S/C14H13FN2O2/c1-19-14(18)9-17-13-8-16-7-6-11(13)10-4-2-3-5-12(10)15/h2-8,17H,9H2,1H3. The van der Waals surface area contributed by atoms with Gasteiger partial charge in [-0.25, -0.2) is 4.39 Å². The van der Waals surface area contributed by atoms with Gasteiger partial charge in [0.05, 0.1) is 19.0 Å². The molecule has 0 aliphatic carbocycles. The summed E-state index contributed by atoms with van der Waals surface area (Å²) >= 11 is 0. The topological polar surface area (TPSA) is 51.2 Å². The molecular formula is C14H13FN2O2. The number of methoxy groups -OCH3 is 1. The van der Waals surface area contributed by atoms with E-state index in [-0.39, 0.29) is 12.4 Å². The lowest BCUT2D eigenvalue weighted by Gasteiger charge is -2.11. The van der Waals surface area contributed by atoms with E-state index in [9.17, 15) is 9.18 Å². The van der Waals surface area contributed by atoms with E-state index in [2.05, 4.69) is 15.0 Å². The molecule has 0 saturated heterocycles. The lowest BCUT2D eigenvalue weighted by atomic mass is 10.0. The zero-order valence-corrected chi connectivity index (χ0v) is 10.4. The van der Waals surface area contributed by atoms with Gasteiger partial charge in [-0.15, -0.1) is 0 Å². The second-order valence-electron chi connectivity index (χ2n) is 3.83. The average molecular weight is 260 g/mol. The highest BCUT2D eigenvalue weighted by Gasteiger charge is 2.10. The third-order valence-corrected chi connectivity index (χ3v) is 2.64. The lowest BCUT2D eigenvalue weighted by Crippen LogP contribution is -2.15. The highest BCUT2D eigenvalue weighted by Crippen LogP contribution is 2.28. The molecule has 0 saturated carbocycles. The summed E-state index contributed by atoms with van der Waals surface area (Å²) in [5.74, 6) is -0.724. The molecular weight excluding hydrogens is 247 g/mol. The van der Waals surface area contributed by atoms with Crippen molar-refractivity contribution in [3.63, 3.8) is 0 Å². The molecule has 0 fully saturated rings. The molecule has 0 amide bonds. The van der Waals surface area contributed by atoms with Crippen molar-refractivity contribution in [3.8, 4) is 11.1 Å². The summed E-state index contributed by atoms with van der Waals surface area (Å²) < 4.78 is 18.3. The summed E-state index contributed by atoms with van der Waals surface area (Å²) in [7, 11) is 1.31. The molecule has 4 nitrogen and oxygen atoms in total. The maximum atomic E-state index is 13.8. The van der Waals surface area contributed by atoms with Crippen LogP contribution in [0.25, 0.3) is 11.1 Å². The van der Waals surface area contributed by atoms with Gasteiger partial charge in [0.2, 0.25) is 0 Å². The van der Waals surface area contributed by atoms with E-state index >= 15 is 0 Å². The van der Waals surface area contributed by atoms with Crippen LogP contribution in [-0.4, -0.2) is 24.6 Å². The monoisotopic (exact) mass is 260 g/mol. The van der Waals surface area contributed by atoms with Crippen molar-refractivity contribution in [3.05, 3.63) is 48.5 Å². The van der Waals surface area contributed by atoms with Gasteiger partial charge in [-0.05, 0) is 12.1 Å². The predicted molar refractivity (Wildman–Crippen MR) is 70.1 cm³/mol. The molecule has 5 heteroatoms. The van der Waals surface area contributed by atoms with Gasteiger partial charge in [0.15, 0.2) is 0 Å². The van der Waals surface area contributed by atoms with E-state index in [4.69, 9.17) is 0 Å². The summed E-state index contributed by atoms with van der Waals surface area (Å²) in [5, 5.41) is 2.89. The van der Waals surface area contributed by atoms with Gasteiger partial charge in [-0.1, -0.05) is 18.2 Å². The molecule has 0 aliphatic rings.